The maximum atomic E-state index is 11.5. The summed E-state index contributed by atoms with van der Waals surface area (Å²) in [7, 11) is 0. The molecule has 0 radical (unpaired) electrons. The molecule has 2 aromatic rings. The number of nitrogens with two attached hydrogens (primary N) is 2. The van der Waals surface area contributed by atoms with Crippen LogP contribution in [0.5, 0.6) is 0 Å². The van der Waals surface area contributed by atoms with Gasteiger partial charge in [0.15, 0.2) is 0 Å². The molecule has 0 aliphatic carbocycles. The van der Waals surface area contributed by atoms with E-state index in [-0.39, 0.29) is 5.56 Å². The molecule has 0 heterocycles. The van der Waals surface area contributed by atoms with Crippen LogP contribution in [0.2, 0.25) is 10.0 Å². The Kier molecular flexibility index (Phi) is 4.42. The molecule has 2 aromatic carbocycles. The summed E-state index contributed by atoms with van der Waals surface area (Å²) in [6.07, 6.45) is 0. The highest BCUT2D eigenvalue weighted by Crippen LogP contribution is 2.35. The lowest BCUT2D eigenvalue weighted by molar-refractivity contribution is 0.100. The molecular weight excluding hydrogens is 365 g/mol. The Morgan fingerprint density at radius 2 is 1.90 bits per heavy atom. The van der Waals surface area contributed by atoms with E-state index >= 15 is 0 Å². The Labute approximate surface area is 134 Å². The van der Waals surface area contributed by atoms with Gasteiger partial charge in [-0.05, 0) is 46.3 Å². The molecule has 20 heavy (non-hydrogen) atoms. The van der Waals surface area contributed by atoms with E-state index < -0.39 is 5.91 Å². The number of anilines is 3. The van der Waals surface area contributed by atoms with Crippen molar-refractivity contribution < 1.29 is 4.79 Å². The first-order valence-electron chi connectivity index (χ1n) is 5.49. The highest BCUT2D eigenvalue weighted by atomic mass is 79.9. The lowest BCUT2D eigenvalue weighted by Gasteiger charge is -2.14. The number of carbonyl (C=O) groups excluding carboxylic acids is 1. The summed E-state index contributed by atoms with van der Waals surface area (Å²) in [5.41, 5.74) is 12.6. The zero-order valence-electron chi connectivity index (χ0n) is 10.1. The van der Waals surface area contributed by atoms with Crippen LogP contribution in [-0.4, -0.2) is 5.91 Å². The smallest absolute Gasteiger partial charge is 0.250 e. The molecule has 4 nitrogen and oxygen atoms in total. The number of nitrogen functional groups attached to an aromatic ring is 1. The molecule has 0 aliphatic heterocycles. The molecule has 0 bridgehead atoms. The molecule has 0 saturated heterocycles. The fraction of sp³-hybridized carbons (Fsp3) is 0. The molecule has 104 valence electrons. The first kappa shape index (κ1) is 15.0. The number of hydrogen-bond donors (Lipinski definition) is 3. The first-order valence-corrected chi connectivity index (χ1v) is 7.04. The minimum atomic E-state index is -0.625. The Morgan fingerprint density at radius 1 is 1.20 bits per heavy atom. The van der Waals surface area contributed by atoms with E-state index in [1.54, 1.807) is 18.2 Å². The van der Waals surface area contributed by atoms with Gasteiger partial charge in [-0.25, -0.2) is 0 Å². The van der Waals surface area contributed by atoms with Crippen molar-refractivity contribution in [2.75, 3.05) is 11.1 Å². The number of amides is 1. The van der Waals surface area contributed by atoms with Gasteiger partial charge in [-0.15, -0.1) is 0 Å². The maximum Gasteiger partial charge on any atom is 0.250 e. The standard InChI is InChI=1S/C13H10BrCl2N3O/c14-9-2-1-6(15)3-11(9)19-12-8(13(18)20)4-7(17)5-10(12)16/h1-5,19H,17H2,(H2,18,20). The number of halogens is 3. The van der Waals surface area contributed by atoms with Gasteiger partial charge in [-0.3, -0.25) is 4.79 Å². The summed E-state index contributed by atoms with van der Waals surface area (Å²) in [5, 5.41) is 3.88. The molecule has 0 aromatic heterocycles. The molecule has 7 heteroatoms. The van der Waals surface area contributed by atoms with Crippen LogP contribution in [0.4, 0.5) is 17.1 Å². The second-order valence-corrected chi connectivity index (χ2v) is 5.74. The third-order valence-electron chi connectivity index (χ3n) is 2.57. The van der Waals surface area contributed by atoms with Crippen molar-refractivity contribution in [3.05, 3.63) is 50.4 Å². The molecule has 0 spiro atoms. The summed E-state index contributed by atoms with van der Waals surface area (Å²) in [4.78, 5) is 11.5. The van der Waals surface area contributed by atoms with E-state index in [2.05, 4.69) is 21.2 Å². The van der Waals surface area contributed by atoms with Crippen LogP contribution < -0.4 is 16.8 Å². The summed E-state index contributed by atoms with van der Waals surface area (Å²) in [6.45, 7) is 0. The van der Waals surface area contributed by atoms with Crippen LogP contribution in [0.25, 0.3) is 0 Å². The average molecular weight is 375 g/mol. The predicted octanol–water partition coefficient (Wildman–Crippen LogP) is 4.18. The van der Waals surface area contributed by atoms with Crippen molar-refractivity contribution in [1.29, 1.82) is 0 Å². The van der Waals surface area contributed by atoms with Crippen LogP contribution in [0.15, 0.2) is 34.8 Å². The van der Waals surface area contributed by atoms with E-state index in [4.69, 9.17) is 34.7 Å². The molecule has 1 amide bonds. The van der Waals surface area contributed by atoms with Gasteiger partial charge in [0.05, 0.1) is 22.0 Å². The van der Waals surface area contributed by atoms with Gasteiger partial charge >= 0.3 is 0 Å². The lowest BCUT2D eigenvalue weighted by Crippen LogP contribution is -2.14. The number of nitrogens with one attached hydrogen (secondary N) is 1. The molecule has 0 atom stereocenters. The second-order valence-electron chi connectivity index (χ2n) is 4.04. The van der Waals surface area contributed by atoms with Gasteiger partial charge in [0.1, 0.15) is 0 Å². The monoisotopic (exact) mass is 373 g/mol. The fourth-order valence-corrected chi connectivity index (χ4v) is 2.47. The van der Waals surface area contributed by atoms with E-state index in [0.717, 1.165) is 4.47 Å². The van der Waals surface area contributed by atoms with E-state index in [1.807, 2.05) is 0 Å². The van der Waals surface area contributed by atoms with Gasteiger partial charge < -0.3 is 16.8 Å². The van der Waals surface area contributed by atoms with Gasteiger partial charge in [0.25, 0.3) is 5.91 Å². The third-order valence-corrected chi connectivity index (χ3v) is 3.79. The minimum absolute atomic E-state index is 0.210. The molecule has 5 N–H and O–H groups in total. The van der Waals surface area contributed by atoms with Crippen molar-refractivity contribution in [3.8, 4) is 0 Å². The van der Waals surface area contributed by atoms with Crippen LogP contribution in [0.3, 0.4) is 0 Å². The van der Waals surface area contributed by atoms with Crippen LogP contribution in [-0.2, 0) is 0 Å². The number of rotatable bonds is 3. The van der Waals surface area contributed by atoms with Crippen LogP contribution in [0, 0.1) is 0 Å². The summed E-state index contributed by atoms with van der Waals surface area (Å²) < 4.78 is 0.769. The zero-order chi connectivity index (χ0) is 14.9. The third kappa shape index (κ3) is 3.17. The van der Waals surface area contributed by atoms with Crippen molar-refractivity contribution >= 4 is 62.1 Å². The van der Waals surface area contributed by atoms with Gasteiger partial charge in [-0.1, -0.05) is 23.2 Å². The fourth-order valence-electron chi connectivity index (χ4n) is 1.68. The SMILES string of the molecule is NC(=O)c1cc(N)cc(Cl)c1Nc1cc(Cl)ccc1Br. The van der Waals surface area contributed by atoms with E-state index in [0.29, 0.717) is 27.1 Å². The molecule has 0 fully saturated rings. The summed E-state index contributed by atoms with van der Waals surface area (Å²) >= 11 is 15.5. The Balaban J connectivity index is 2.53. The van der Waals surface area contributed by atoms with Crippen molar-refractivity contribution in [2.45, 2.75) is 0 Å². The number of carbonyl (C=O) groups is 1. The minimum Gasteiger partial charge on any atom is -0.399 e. The quantitative estimate of drug-likeness (QED) is 0.705. The zero-order valence-corrected chi connectivity index (χ0v) is 13.2. The Bertz CT molecular complexity index is 692. The van der Waals surface area contributed by atoms with E-state index in [9.17, 15) is 4.79 Å². The van der Waals surface area contributed by atoms with Gasteiger partial charge in [0.2, 0.25) is 0 Å². The van der Waals surface area contributed by atoms with Gasteiger partial charge in [-0.2, -0.15) is 0 Å². The molecular formula is C13H10BrCl2N3O. The predicted molar refractivity (Wildman–Crippen MR) is 86.8 cm³/mol. The summed E-state index contributed by atoms with van der Waals surface area (Å²) in [6, 6.07) is 8.21. The largest absolute Gasteiger partial charge is 0.399 e. The van der Waals surface area contributed by atoms with Gasteiger partial charge in [0, 0.05) is 15.2 Å². The highest BCUT2D eigenvalue weighted by molar-refractivity contribution is 9.10. The van der Waals surface area contributed by atoms with Crippen LogP contribution >= 0.6 is 39.1 Å². The Morgan fingerprint density at radius 3 is 2.55 bits per heavy atom. The lowest BCUT2D eigenvalue weighted by atomic mass is 10.1. The molecule has 0 aliphatic rings. The number of primary amides is 1. The normalized spacial score (nSPS) is 10.3. The van der Waals surface area contributed by atoms with Crippen molar-refractivity contribution in [1.82, 2.24) is 0 Å². The maximum absolute atomic E-state index is 11.5. The molecule has 2 rings (SSSR count). The number of benzene rings is 2. The van der Waals surface area contributed by atoms with Crippen molar-refractivity contribution in [3.63, 3.8) is 0 Å². The highest BCUT2D eigenvalue weighted by Gasteiger charge is 2.14. The number of hydrogen-bond acceptors (Lipinski definition) is 3. The summed E-state index contributed by atoms with van der Waals surface area (Å²) in [5.74, 6) is -0.625. The molecule has 0 unspecified atom stereocenters. The second kappa shape index (κ2) is 5.91. The van der Waals surface area contributed by atoms with Crippen LogP contribution in [0.1, 0.15) is 10.4 Å². The molecule has 0 saturated carbocycles. The first-order chi connectivity index (χ1) is 9.38. The topological polar surface area (TPSA) is 81.1 Å². The average Bonchev–Trinajstić information content (AvgIpc) is 2.36. The van der Waals surface area contributed by atoms with E-state index in [1.165, 1.54) is 12.1 Å². The van der Waals surface area contributed by atoms with Crippen molar-refractivity contribution in [2.24, 2.45) is 5.73 Å². The Hall–Kier alpha value is -1.43.